The Morgan fingerprint density at radius 2 is 1.74 bits per heavy atom. The van der Waals surface area contributed by atoms with Gasteiger partial charge in [0.2, 0.25) is 5.91 Å². The van der Waals surface area contributed by atoms with Crippen LogP contribution >= 0.6 is 23.5 Å². The van der Waals surface area contributed by atoms with E-state index in [1.807, 2.05) is 77.6 Å². The average molecular weight is 447 g/mol. The lowest BCUT2D eigenvalue weighted by atomic mass is 10.2. The molecule has 0 spiro atoms. The second-order valence-corrected chi connectivity index (χ2v) is 8.67. The zero-order valence-electron chi connectivity index (χ0n) is 17.3. The topological polar surface area (TPSA) is 59.8 Å². The van der Waals surface area contributed by atoms with Crippen LogP contribution in [-0.4, -0.2) is 32.7 Å². The molecule has 0 radical (unpaired) electrons. The van der Waals surface area contributed by atoms with Gasteiger partial charge in [0.05, 0.1) is 11.4 Å². The van der Waals surface area contributed by atoms with Crippen LogP contribution in [0.1, 0.15) is 5.56 Å². The number of aryl methyl sites for hydroxylation is 1. The van der Waals surface area contributed by atoms with E-state index < -0.39 is 0 Å². The number of carbonyl (C=O) groups excluding carboxylic acids is 1. The maximum atomic E-state index is 12.6. The Morgan fingerprint density at radius 3 is 2.52 bits per heavy atom. The molecule has 0 saturated carbocycles. The first-order chi connectivity index (χ1) is 15.2. The highest BCUT2D eigenvalue weighted by Crippen LogP contribution is 2.29. The molecular formula is C24H22N4OS2. The minimum absolute atomic E-state index is 0.0773. The van der Waals surface area contributed by atoms with E-state index in [1.54, 1.807) is 11.8 Å². The zero-order chi connectivity index (χ0) is 21.6. The minimum Gasteiger partial charge on any atom is -0.324 e. The van der Waals surface area contributed by atoms with Crippen LogP contribution < -0.4 is 5.32 Å². The van der Waals surface area contributed by atoms with Crippen LogP contribution in [0.25, 0.3) is 17.1 Å². The number of anilines is 1. The number of thioether (sulfide) groups is 2. The van der Waals surface area contributed by atoms with Crippen molar-refractivity contribution in [1.29, 1.82) is 0 Å². The monoisotopic (exact) mass is 446 g/mol. The fourth-order valence-electron chi connectivity index (χ4n) is 3.20. The standard InChI is InChI=1S/C24H22N4OS2/c1-17-9-8-12-19(15-17)28-23(18-10-4-3-5-11-18)26-27-24(28)31-16-22(29)25-20-13-6-7-14-21(20)30-2/h3-15H,16H2,1-2H3,(H,25,29). The van der Waals surface area contributed by atoms with Crippen molar-refractivity contribution in [3.8, 4) is 17.1 Å². The Bertz CT molecular complexity index is 1190. The Hall–Kier alpha value is -3.03. The number of amides is 1. The Morgan fingerprint density at radius 1 is 0.968 bits per heavy atom. The lowest BCUT2D eigenvalue weighted by Gasteiger charge is -2.12. The number of hydrogen-bond acceptors (Lipinski definition) is 5. The van der Waals surface area contributed by atoms with E-state index in [2.05, 4.69) is 34.6 Å². The molecule has 0 bridgehead atoms. The summed E-state index contributed by atoms with van der Waals surface area (Å²) >= 11 is 2.98. The van der Waals surface area contributed by atoms with E-state index in [1.165, 1.54) is 11.8 Å². The van der Waals surface area contributed by atoms with Crippen molar-refractivity contribution in [3.63, 3.8) is 0 Å². The Balaban J connectivity index is 1.60. The van der Waals surface area contributed by atoms with Gasteiger partial charge in [-0.05, 0) is 43.0 Å². The second kappa shape index (κ2) is 9.85. The molecule has 0 aliphatic rings. The first kappa shape index (κ1) is 21.2. The zero-order valence-corrected chi connectivity index (χ0v) is 18.9. The lowest BCUT2D eigenvalue weighted by Crippen LogP contribution is -2.15. The molecule has 0 saturated heterocycles. The van der Waals surface area contributed by atoms with Crippen LogP contribution in [0.4, 0.5) is 5.69 Å². The Kier molecular flexibility index (Phi) is 6.74. The number of aromatic nitrogens is 3. The van der Waals surface area contributed by atoms with E-state index in [-0.39, 0.29) is 11.7 Å². The van der Waals surface area contributed by atoms with Crippen LogP contribution in [-0.2, 0) is 4.79 Å². The van der Waals surface area contributed by atoms with Crippen LogP contribution in [0.3, 0.4) is 0 Å². The van der Waals surface area contributed by atoms with Crippen LogP contribution in [0.2, 0.25) is 0 Å². The van der Waals surface area contributed by atoms with Crippen molar-refractivity contribution in [3.05, 3.63) is 84.4 Å². The highest BCUT2D eigenvalue weighted by molar-refractivity contribution is 7.99. The molecule has 5 nitrogen and oxygen atoms in total. The van der Waals surface area contributed by atoms with Gasteiger partial charge in [0.15, 0.2) is 11.0 Å². The maximum absolute atomic E-state index is 12.6. The van der Waals surface area contributed by atoms with Gasteiger partial charge in [0, 0.05) is 16.1 Å². The molecule has 0 fully saturated rings. The van der Waals surface area contributed by atoms with Gasteiger partial charge in [-0.25, -0.2) is 0 Å². The molecular weight excluding hydrogens is 424 g/mol. The molecule has 0 aliphatic carbocycles. The predicted octanol–water partition coefficient (Wildman–Crippen LogP) is 5.70. The summed E-state index contributed by atoms with van der Waals surface area (Å²) in [6.07, 6.45) is 2.00. The third kappa shape index (κ3) is 5.00. The molecule has 1 amide bonds. The van der Waals surface area contributed by atoms with Gasteiger partial charge >= 0.3 is 0 Å². The SMILES string of the molecule is CSc1ccccc1NC(=O)CSc1nnc(-c2ccccc2)n1-c1cccc(C)c1. The molecule has 156 valence electrons. The molecule has 0 aliphatic heterocycles. The largest absolute Gasteiger partial charge is 0.324 e. The third-order valence-corrected chi connectivity index (χ3v) is 6.36. The van der Waals surface area contributed by atoms with E-state index in [0.717, 1.165) is 33.2 Å². The van der Waals surface area contributed by atoms with Gasteiger partial charge in [-0.3, -0.25) is 9.36 Å². The summed E-state index contributed by atoms with van der Waals surface area (Å²) in [5.41, 5.74) is 3.92. The summed E-state index contributed by atoms with van der Waals surface area (Å²) in [5.74, 6) is 0.912. The lowest BCUT2D eigenvalue weighted by molar-refractivity contribution is -0.113. The number of carbonyl (C=O) groups is 1. The van der Waals surface area contributed by atoms with Gasteiger partial charge in [-0.15, -0.1) is 22.0 Å². The van der Waals surface area contributed by atoms with Crippen molar-refractivity contribution >= 4 is 35.1 Å². The maximum Gasteiger partial charge on any atom is 0.234 e. The molecule has 31 heavy (non-hydrogen) atoms. The molecule has 1 heterocycles. The molecule has 4 rings (SSSR count). The van der Waals surface area contributed by atoms with Gasteiger partial charge in [-0.2, -0.15) is 0 Å². The summed E-state index contributed by atoms with van der Waals surface area (Å²) in [6.45, 7) is 2.06. The number of benzene rings is 3. The van der Waals surface area contributed by atoms with Gasteiger partial charge in [-0.1, -0.05) is 66.4 Å². The van der Waals surface area contributed by atoms with Gasteiger partial charge < -0.3 is 5.32 Å². The first-order valence-electron chi connectivity index (χ1n) is 9.79. The molecule has 1 aromatic heterocycles. The first-order valence-corrected chi connectivity index (χ1v) is 12.0. The number of rotatable bonds is 7. The third-order valence-electron chi connectivity index (χ3n) is 4.64. The molecule has 7 heteroatoms. The second-order valence-electron chi connectivity index (χ2n) is 6.88. The number of nitrogens with one attached hydrogen (secondary N) is 1. The van der Waals surface area contributed by atoms with E-state index in [4.69, 9.17) is 0 Å². The van der Waals surface area contributed by atoms with Crippen LogP contribution in [0, 0.1) is 6.92 Å². The molecule has 1 N–H and O–H groups in total. The molecule has 0 unspecified atom stereocenters. The predicted molar refractivity (Wildman–Crippen MR) is 129 cm³/mol. The Labute approximate surface area is 190 Å². The quantitative estimate of drug-likeness (QED) is 0.369. The van der Waals surface area contributed by atoms with Crippen molar-refractivity contribution in [1.82, 2.24) is 14.8 Å². The summed E-state index contributed by atoms with van der Waals surface area (Å²) in [4.78, 5) is 13.7. The van der Waals surface area contributed by atoms with Crippen LogP contribution in [0.5, 0.6) is 0 Å². The van der Waals surface area contributed by atoms with Gasteiger partial charge in [0.1, 0.15) is 0 Å². The molecule has 0 atom stereocenters. The van der Waals surface area contributed by atoms with Gasteiger partial charge in [0.25, 0.3) is 0 Å². The fourth-order valence-corrected chi connectivity index (χ4v) is 4.51. The van der Waals surface area contributed by atoms with Crippen LogP contribution in [0.15, 0.2) is 88.9 Å². The number of para-hydroxylation sites is 1. The van der Waals surface area contributed by atoms with E-state index >= 15 is 0 Å². The minimum atomic E-state index is -0.0773. The molecule has 3 aromatic carbocycles. The van der Waals surface area contributed by atoms with Crippen molar-refractivity contribution in [2.45, 2.75) is 17.0 Å². The van der Waals surface area contributed by atoms with Crippen molar-refractivity contribution < 1.29 is 4.79 Å². The highest BCUT2D eigenvalue weighted by Gasteiger charge is 2.17. The highest BCUT2D eigenvalue weighted by atomic mass is 32.2. The normalized spacial score (nSPS) is 10.8. The number of hydrogen-bond donors (Lipinski definition) is 1. The fraction of sp³-hybridized carbons (Fsp3) is 0.125. The van der Waals surface area contributed by atoms with E-state index in [9.17, 15) is 4.79 Å². The number of nitrogens with zero attached hydrogens (tertiary/aromatic N) is 3. The van der Waals surface area contributed by atoms with Crippen molar-refractivity contribution in [2.75, 3.05) is 17.3 Å². The molecule has 4 aromatic rings. The smallest absolute Gasteiger partial charge is 0.234 e. The summed E-state index contributed by atoms with van der Waals surface area (Å²) in [5, 5.41) is 12.5. The summed E-state index contributed by atoms with van der Waals surface area (Å²) in [7, 11) is 0. The average Bonchev–Trinajstić information content (AvgIpc) is 3.23. The summed E-state index contributed by atoms with van der Waals surface area (Å²) < 4.78 is 2.01. The van der Waals surface area contributed by atoms with E-state index in [0.29, 0.717) is 5.16 Å². The van der Waals surface area contributed by atoms with Crippen molar-refractivity contribution in [2.24, 2.45) is 0 Å². The summed E-state index contributed by atoms with van der Waals surface area (Å²) in [6, 6.07) is 25.9.